The molecule has 31 heavy (non-hydrogen) atoms. The Labute approximate surface area is 186 Å². The number of anilines is 1. The highest BCUT2D eigenvalue weighted by atomic mass is 32.2. The minimum absolute atomic E-state index is 0.0462. The van der Waals surface area contributed by atoms with Gasteiger partial charge in [-0.2, -0.15) is 4.68 Å². The number of nitrogens with one attached hydrogen (secondary N) is 1. The maximum atomic E-state index is 12.7. The van der Waals surface area contributed by atoms with E-state index in [-0.39, 0.29) is 17.1 Å². The Balaban J connectivity index is 1.75. The van der Waals surface area contributed by atoms with Gasteiger partial charge in [0.1, 0.15) is 17.2 Å². The SMILES string of the molecule is COc1ccc(C(C)(C)C)cc1NC(=O)CSc1nnnn1-c1cc(C)ccc1OC. The highest BCUT2D eigenvalue weighted by molar-refractivity contribution is 7.99. The van der Waals surface area contributed by atoms with Crippen LogP contribution in [0.4, 0.5) is 5.69 Å². The minimum Gasteiger partial charge on any atom is -0.495 e. The molecule has 0 aliphatic rings. The molecule has 0 saturated heterocycles. The number of benzene rings is 2. The van der Waals surface area contributed by atoms with Crippen molar-refractivity contribution in [3.63, 3.8) is 0 Å². The van der Waals surface area contributed by atoms with Gasteiger partial charge in [0, 0.05) is 0 Å². The first kappa shape index (κ1) is 22.6. The molecule has 0 radical (unpaired) electrons. The molecule has 3 aromatic rings. The Bertz CT molecular complexity index is 1080. The van der Waals surface area contributed by atoms with Crippen molar-refractivity contribution in [1.82, 2.24) is 20.2 Å². The normalized spacial score (nSPS) is 11.3. The molecule has 164 valence electrons. The zero-order valence-corrected chi connectivity index (χ0v) is 19.4. The van der Waals surface area contributed by atoms with Crippen LogP contribution in [0.15, 0.2) is 41.6 Å². The predicted molar refractivity (Wildman–Crippen MR) is 121 cm³/mol. The second kappa shape index (κ2) is 9.38. The Morgan fingerprint density at radius 1 is 1.10 bits per heavy atom. The number of amides is 1. The Kier molecular flexibility index (Phi) is 6.84. The third-order valence-electron chi connectivity index (χ3n) is 4.68. The van der Waals surface area contributed by atoms with E-state index in [2.05, 4.69) is 41.6 Å². The molecule has 1 amide bonds. The van der Waals surface area contributed by atoms with Crippen LogP contribution in [0.1, 0.15) is 31.9 Å². The average Bonchev–Trinajstić information content (AvgIpc) is 3.20. The van der Waals surface area contributed by atoms with Gasteiger partial charge in [-0.3, -0.25) is 4.79 Å². The summed E-state index contributed by atoms with van der Waals surface area (Å²) in [4.78, 5) is 12.7. The van der Waals surface area contributed by atoms with Gasteiger partial charge < -0.3 is 14.8 Å². The maximum absolute atomic E-state index is 12.7. The third-order valence-corrected chi connectivity index (χ3v) is 5.59. The van der Waals surface area contributed by atoms with Crippen LogP contribution in [0.2, 0.25) is 0 Å². The van der Waals surface area contributed by atoms with E-state index in [0.717, 1.165) is 16.8 Å². The lowest BCUT2D eigenvalue weighted by atomic mass is 9.87. The number of nitrogens with zero attached hydrogens (tertiary/aromatic N) is 4. The molecule has 9 heteroatoms. The van der Waals surface area contributed by atoms with Gasteiger partial charge in [0.05, 0.1) is 25.7 Å². The largest absolute Gasteiger partial charge is 0.495 e. The number of hydrogen-bond donors (Lipinski definition) is 1. The van der Waals surface area contributed by atoms with Gasteiger partial charge in [0.15, 0.2) is 0 Å². The highest BCUT2D eigenvalue weighted by Crippen LogP contribution is 2.32. The van der Waals surface area contributed by atoms with Gasteiger partial charge in [-0.1, -0.05) is 44.7 Å². The van der Waals surface area contributed by atoms with Crippen molar-refractivity contribution >= 4 is 23.4 Å². The fraction of sp³-hybridized carbons (Fsp3) is 0.364. The molecule has 0 saturated carbocycles. The van der Waals surface area contributed by atoms with Crippen molar-refractivity contribution in [1.29, 1.82) is 0 Å². The molecule has 1 aromatic heterocycles. The molecule has 0 bridgehead atoms. The Morgan fingerprint density at radius 3 is 2.48 bits per heavy atom. The zero-order chi connectivity index (χ0) is 22.6. The molecule has 0 fully saturated rings. The van der Waals surface area contributed by atoms with Gasteiger partial charge in [0.25, 0.3) is 0 Å². The van der Waals surface area contributed by atoms with Crippen molar-refractivity contribution in [2.24, 2.45) is 0 Å². The first-order chi connectivity index (χ1) is 14.7. The van der Waals surface area contributed by atoms with E-state index in [9.17, 15) is 4.79 Å². The van der Waals surface area contributed by atoms with Crippen molar-refractivity contribution in [3.05, 3.63) is 47.5 Å². The van der Waals surface area contributed by atoms with E-state index in [1.807, 2.05) is 43.3 Å². The summed E-state index contributed by atoms with van der Waals surface area (Å²) in [6, 6.07) is 11.6. The number of tetrazole rings is 1. The van der Waals surface area contributed by atoms with Crippen molar-refractivity contribution in [2.45, 2.75) is 38.3 Å². The first-order valence-electron chi connectivity index (χ1n) is 9.77. The van der Waals surface area contributed by atoms with Crippen molar-refractivity contribution in [3.8, 4) is 17.2 Å². The molecule has 0 unspecified atom stereocenters. The zero-order valence-electron chi connectivity index (χ0n) is 18.6. The summed E-state index contributed by atoms with van der Waals surface area (Å²) in [7, 11) is 3.18. The molecule has 2 aromatic carbocycles. The number of ether oxygens (including phenoxy) is 2. The van der Waals surface area contributed by atoms with Crippen LogP contribution in [0.3, 0.4) is 0 Å². The lowest BCUT2D eigenvalue weighted by molar-refractivity contribution is -0.113. The van der Waals surface area contributed by atoms with Gasteiger partial charge in [-0.15, -0.1) is 5.10 Å². The molecular weight excluding hydrogens is 414 g/mol. The summed E-state index contributed by atoms with van der Waals surface area (Å²) < 4.78 is 12.4. The smallest absolute Gasteiger partial charge is 0.234 e. The van der Waals surface area contributed by atoms with Crippen LogP contribution in [-0.2, 0) is 10.2 Å². The lowest BCUT2D eigenvalue weighted by Crippen LogP contribution is -2.17. The summed E-state index contributed by atoms with van der Waals surface area (Å²) >= 11 is 1.24. The van der Waals surface area contributed by atoms with Crippen LogP contribution in [0.5, 0.6) is 11.5 Å². The summed E-state index contributed by atoms with van der Waals surface area (Å²) in [6.45, 7) is 8.34. The molecule has 0 spiro atoms. The fourth-order valence-corrected chi connectivity index (χ4v) is 3.66. The average molecular weight is 442 g/mol. The van der Waals surface area contributed by atoms with E-state index in [4.69, 9.17) is 9.47 Å². The molecular formula is C22H27N5O3S. The van der Waals surface area contributed by atoms with Gasteiger partial charge in [0.2, 0.25) is 11.1 Å². The van der Waals surface area contributed by atoms with Crippen LogP contribution in [-0.4, -0.2) is 46.1 Å². The molecule has 0 aliphatic carbocycles. The topological polar surface area (TPSA) is 91.2 Å². The second-order valence-electron chi connectivity index (χ2n) is 8.05. The van der Waals surface area contributed by atoms with Crippen LogP contribution in [0, 0.1) is 6.92 Å². The number of thioether (sulfide) groups is 1. The van der Waals surface area contributed by atoms with E-state index in [1.165, 1.54) is 11.8 Å². The molecule has 8 nitrogen and oxygen atoms in total. The number of methoxy groups -OCH3 is 2. The van der Waals surface area contributed by atoms with Crippen LogP contribution in [0.25, 0.3) is 5.69 Å². The number of aromatic nitrogens is 4. The van der Waals surface area contributed by atoms with E-state index in [0.29, 0.717) is 22.3 Å². The van der Waals surface area contributed by atoms with E-state index >= 15 is 0 Å². The lowest BCUT2D eigenvalue weighted by Gasteiger charge is -2.21. The number of carbonyl (C=O) groups is 1. The van der Waals surface area contributed by atoms with Crippen molar-refractivity contribution < 1.29 is 14.3 Å². The van der Waals surface area contributed by atoms with Gasteiger partial charge >= 0.3 is 0 Å². The number of carbonyl (C=O) groups excluding carboxylic acids is 1. The maximum Gasteiger partial charge on any atom is 0.234 e. The summed E-state index contributed by atoms with van der Waals surface area (Å²) in [6.07, 6.45) is 0. The molecule has 0 atom stereocenters. The number of aryl methyl sites for hydroxylation is 1. The van der Waals surface area contributed by atoms with Crippen LogP contribution >= 0.6 is 11.8 Å². The minimum atomic E-state index is -0.180. The van der Waals surface area contributed by atoms with Gasteiger partial charge in [-0.05, 0) is 58.2 Å². The molecule has 3 rings (SSSR count). The standard InChI is InChI=1S/C22H27N5O3S/c1-14-7-9-19(30-6)17(11-14)27-21(24-25-26-27)31-13-20(28)23-16-12-15(22(2,3)4)8-10-18(16)29-5/h7-12H,13H2,1-6H3,(H,23,28). The molecule has 0 aliphatic heterocycles. The van der Waals surface area contributed by atoms with E-state index in [1.54, 1.807) is 18.9 Å². The fourth-order valence-electron chi connectivity index (χ4n) is 2.97. The Hall–Kier alpha value is -3.07. The monoisotopic (exact) mass is 441 g/mol. The highest BCUT2D eigenvalue weighted by Gasteiger charge is 2.18. The summed E-state index contributed by atoms with van der Waals surface area (Å²) in [5.41, 5.74) is 3.46. The third kappa shape index (κ3) is 5.35. The Morgan fingerprint density at radius 2 is 1.81 bits per heavy atom. The summed E-state index contributed by atoms with van der Waals surface area (Å²) in [5, 5.41) is 15.3. The summed E-state index contributed by atoms with van der Waals surface area (Å²) in [5.74, 6) is 1.21. The number of rotatable bonds is 7. The first-order valence-corrected chi connectivity index (χ1v) is 10.8. The molecule has 1 heterocycles. The van der Waals surface area contributed by atoms with Crippen LogP contribution < -0.4 is 14.8 Å². The van der Waals surface area contributed by atoms with E-state index < -0.39 is 0 Å². The predicted octanol–water partition coefficient (Wildman–Crippen LogP) is 4.02. The quantitative estimate of drug-likeness (QED) is 0.554. The van der Waals surface area contributed by atoms with Crippen molar-refractivity contribution in [2.75, 3.05) is 25.3 Å². The number of hydrogen-bond acceptors (Lipinski definition) is 7. The second-order valence-corrected chi connectivity index (χ2v) is 8.99. The molecule has 1 N–H and O–H groups in total. The van der Waals surface area contributed by atoms with Gasteiger partial charge in [-0.25, -0.2) is 0 Å².